The smallest absolute Gasteiger partial charge is 0.227 e. The molecule has 2 aliphatic heterocycles. The highest BCUT2D eigenvalue weighted by Crippen LogP contribution is 2.31. The molecule has 6 rings (SSSR count). The molecule has 0 saturated carbocycles. The number of aldehydes is 1. The van der Waals surface area contributed by atoms with Crippen LogP contribution in [0.15, 0.2) is 79.0 Å². The molecule has 0 bridgehead atoms. The van der Waals surface area contributed by atoms with Crippen LogP contribution >= 0.6 is 0 Å². The number of anilines is 4. The van der Waals surface area contributed by atoms with Crippen molar-refractivity contribution in [3.63, 3.8) is 0 Å². The number of benzene rings is 3. The molecule has 2 saturated heterocycles. The molecular formula is C42H55N7O. The van der Waals surface area contributed by atoms with E-state index in [1.807, 2.05) is 19.3 Å². The van der Waals surface area contributed by atoms with Crippen LogP contribution in [0.25, 0.3) is 11.3 Å². The molecule has 0 amide bonds. The van der Waals surface area contributed by atoms with E-state index in [0.717, 1.165) is 60.9 Å². The molecule has 2 unspecified atom stereocenters. The average Bonchev–Trinajstić information content (AvgIpc) is 3.38. The number of carbonyl (C=O) groups excluding carboxylic acids is 1. The molecule has 3 heterocycles. The normalized spacial score (nSPS) is 18.0. The molecule has 0 radical (unpaired) electrons. The zero-order valence-electron chi connectivity index (χ0n) is 30.2. The first-order valence-electron chi connectivity index (χ1n) is 18.7. The third kappa shape index (κ3) is 9.70. The summed E-state index contributed by atoms with van der Waals surface area (Å²) in [5, 5.41) is 10.2. The van der Waals surface area contributed by atoms with Gasteiger partial charge in [-0.05, 0) is 150 Å². The summed E-state index contributed by atoms with van der Waals surface area (Å²) >= 11 is 0. The minimum absolute atomic E-state index is 0.306. The molecule has 8 heteroatoms. The predicted molar refractivity (Wildman–Crippen MR) is 207 cm³/mol. The number of aromatic nitrogens is 2. The van der Waals surface area contributed by atoms with E-state index >= 15 is 0 Å². The molecule has 0 aliphatic carbocycles. The Morgan fingerprint density at radius 1 is 0.900 bits per heavy atom. The highest BCUT2D eigenvalue weighted by atomic mass is 16.1. The van der Waals surface area contributed by atoms with Crippen molar-refractivity contribution in [2.75, 3.05) is 55.3 Å². The molecule has 8 nitrogen and oxygen atoms in total. The van der Waals surface area contributed by atoms with Gasteiger partial charge in [0.25, 0.3) is 0 Å². The number of carbonyl (C=O) groups is 1. The molecule has 3 aromatic carbocycles. The second-order valence-corrected chi connectivity index (χ2v) is 14.4. The number of rotatable bonds is 14. The number of hydrogen-bond donors (Lipinski definition) is 3. The third-order valence-corrected chi connectivity index (χ3v) is 10.6. The Bertz CT molecular complexity index is 1650. The highest BCUT2D eigenvalue weighted by molar-refractivity contribution is 5.64. The summed E-state index contributed by atoms with van der Waals surface area (Å²) in [4.78, 5) is 25.3. The van der Waals surface area contributed by atoms with Crippen LogP contribution in [0.1, 0.15) is 74.5 Å². The van der Waals surface area contributed by atoms with Gasteiger partial charge in [-0.25, -0.2) is 9.97 Å². The fourth-order valence-electron chi connectivity index (χ4n) is 7.65. The zero-order chi connectivity index (χ0) is 34.7. The Labute approximate surface area is 299 Å². The summed E-state index contributed by atoms with van der Waals surface area (Å²) in [6.07, 6.45) is 10.6. The lowest BCUT2D eigenvalue weighted by atomic mass is 9.88. The van der Waals surface area contributed by atoms with Crippen molar-refractivity contribution < 1.29 is 4.79 Å². The lowest BCUT2D eigenvalue weighted by Crippen LogP contribution is -2.36. The lowest BCUT2D eigenvalue weighted by Gasteiger charge is -2.34. The van der Waals surface area contributed by atoms with Crippen molar-refractivity contribution in [1.82, 2.24) is 20.2 Å². The topological polar surface area (TPSA) is 85.4 Å². The highest BCUT2D eigenvalue weighted by Gasteiger charge is 2.24. The van der Waals surface area contributed by atoms with Gasteiger partial charge in [-0.2, -0.15) is 0 Å². The van der Waals surface area contributed by atoms with E-state index < -0.39 is 0 Å². The Morgan fingerprint density at radius 3 is 2.42 bits per heavy atom. The zero-order valence-corrected chi connectivity index (χ0v) is 30.2. The van der Waals surface area contributed by atoms with Crippen LogP contribution in [0.2, 0.25) is 0 Å². The van der Waals surface area contributed by atoms with Crippen LogP contribution in [-0.2, 0) is 11.3 Å². The quantitative estimate of drug-likeness (QED) is 0.116. The van der Waals surface area contributed by atoms with Crippen LogP contribution in [0.3, 0.4) is 0 Å². The molecule has 50 heavy (non-hydrogen) atoms. The first-order chi connectivity index (χ1) is 24.5. The first-order valence-corrected chi connectivity index (χ1v) is 18.7. The maximum Gasteiger partial charge on any atom is 0.227 e. The number of piperidine rings is 1. The number of nitrogens with one attached hydrogen (secondary N) is 3. The molecule has 1 aromatic heterocycles. The standard InChI is InChI=1S/C42H55N7O/c1-31-28-36(8-9-37(31)29-43-3)41-18-22-44-42(47-41)46-39-14-16-40(17-15-39)49-23-4-7-33(19-26-49)30-48-24-20-35(21-25-48)34-10-12-38(13-11-34)45-32(2)6-5-27-50/h8-18,22,27-28,32-33,35,43,45H,4-7,19-21,23-26,29-30H2,1-3H3,(H,44,46,47). The Kier molecular flexibility index (Phi) is 12.5. The van der Waals surface area contributed by atoms with Gasteiger partial charge >= 0.3 is 0 Å². The summed E-state index contributed by atoms with van der Waals surface area (Å²) < 4.78 is 0. The third-order valence-electron chi connectivity index (χ3n) is 10.6. The SMILES string of the molecule is CNCc1ccc(-c2ccnc(Nc3ccc(N4CCCC(CN5CCC(c6ccc(NC(C)CCC=O)cc6)CC5)CC4)cc3)n2)cc1C. The van der Waals surface area contributed by atoms with E-state index in [-0.39, 0.29) is 0 Å². The summed E-state index contributed by atoms with van der Waals surface area (Å²) in [6.45, 7) is 11.0. The second-order valence-electron chi connectivity index (χ2n) is 14.4. The molecule has 0 spiro atoms. The Morgan fingerprint density at radius 2 is 1.68 bits per heavy atom. The number of hydrogen-bond acceptors (Lipinski definition) is 8. The van der Waals surface area contributed by atoms with E-state index in [1.165, 1.54) is 74.1 Å². The van der Waals surface area contributed by atoms with Gasteiger partial charge in [-0.15, -0.1) is 0 Å². The van der Waals surface area contributed by atoms with Gasteiger partial charge in [0.1, 0.15) is 6.29 Å². The minimum Gasteiger partial charge on any atom is -0.383 e. The van der Waals surface area contributed by atoms with Crippen LogP contribution in [0.4, 0.5) is 23.0 Å². The second kappa shape index (κ2) is 17.6. The van der Waals surface area contributed by atoms with Gasteiger partial charge < -0.3 is 30.5 Å². The molecule has 2 atom stereocenters. The van der Waals surface area contributed by atoms with Crippen molar-refractivity contribution in [2.24, 2.45) is 5.92 Å². The largest absolute Gasteiger partial charge is 0.383 e. The van der Waals surface area contributed by atoms with Crippen molar-refractivity contribution >= 4 is 29.3 Å². The van der Waals surface area contributed by atoms with Crippen molar-refractivity contribution in [2.45, 2.75) is 77.3 Å². The van der Waals surface area contributed by atoms with Crippen molar-refractivity contribution in [3.8, 4) is 11.3 Å². The van der Waals surface area contributed by atoms with Crippen LogP contribution < -0.4 is 20.9 Å². The summed E-state index contributed by atoms with van der Waals surface area (Å²) in [5.41, 5.74) is 9.46. The number of aryl methyl sites for hydroxylation is 1. The maximum absolute atomic E-state index is 10.7. The van der Waals surface area contributed by atoms with Gasteiger partial charge in [0.2, 0.25) is 5.95 Å². The van der Waals surface area contributed by atoms with E-state index in [9.17, 15) is 4.79 Å². The number of nitrogens with zero attached hydrogens (tertiary/aromatic N) is 4. The number of likely N-dealkylation sites (tertiary alicyclic amines) is 1. The van der Waals surface area contributed by atoms with Crippen LogP contribution in [-0.4, -0.2) is 67.0 Å². The van der Waals surface area contributed by atoms with Crippen molar-refractivity contribution in [1.29, 1.82) is 0 Å². The van der Waals surface area contributed by atoms with Gasteiger partial charge in [-0.1, -0.05) is 24.3 Å². The van der Waals surface area contributed by atoms with E-state index in [0.29, 0.717) is 24.3 Å². The van der Waals surface area contributed by atoms with Crippen molar-refractivity contribution in [3.05, 3.63) is 95.7 Å². The molecule has 2 fully saturated rings. The van der Waals surface area contributed by atoms with Crippen LogP contribution in [0, 0.1) is 12.8 Å². The molecule has 264 valence electrons. The fraction of sp³-hybridized carbons (Fsp3) is 0.452. The Hall–Kier alpha value is -4.27. The van der Waals surface area contributed by atoms with Crippen LogP contribution in [0.5, 0.6) is 0 Å². The van der Waals surface area contributed by atoms with Gasteiger partial charge in [0.15, 0.2) is 0 Å². The van der Waals surface area contributed by atoms with E-state index in [1.54, 1.807) is 0 Å². The van der Waals surface area contributed by atoms with E-state index in [4.69, 9.17) is 4.98 Å². The van der Waals surface area contributed by atoms with Gasteiger partial charge in [0.05, 0.1) is 5.69 Å². The minimum atomic E-state index is 0.306. The molecule has 2 aliphatic rings. The fourth-order valence-corrected chi connectivity index (χ4v) is 7.65. The molecular weight excluding hydrogens is 619 g/mol. The maximum atomic E-state index is 10.7. The monoisotopic (exact) mass is 673 g/mol. The summed E-state index contributed by atoms with van der Waals surface area (Å²) in [5.74, 6) is 2.02. The van der Waals surface area contributed by atoms with E-state index in [2.05, 4.69) is 111 Å². The average molecular weight is 674 g/mol. The molecule has 3 N–H and O–H groups in total. The summed E-state index contributed by atoms with van der Waals surface area (Å²) in [7, 11) is 1.97. The van der Waals surface area contributed by atoms with Gasteiger partial charge in [0, 0.05) is 67.5 Å². The van der Waals surface area contributed by atoms with Gasteiger partial charge in [-0.3, -0.25) is 0 Å². The Balaban J connectivity index is 0.950. The first kappa shape index (κ1) is 35.6. The lowest BCUT2D eigenvalue weighted by molar-refractivity contribution is -0.107. The summed E-state index contributed by atoms with van der Waals surface area (Å²) in [6, 6.07) is 26.6. The predicted octanol–water partition coefficient (Wildman–Crippen LogP) is 8.18. The molecule has 4 aromatic rings.